The van der Waals surface area contributed by atoms with Crippen LogP contribution in [-0.4, -0.2) is 36.0 Å². The lowest BCUT2D eigenvalue weighted by molar-refractivity contribution is -0.385. The number of hydrogen-bond donors (Lipinski definition) is 2. The largest absolute Gasteiger partial charge is 0.497 e. The average molecular weight is 528 g/mol. The van der Waals surface area contributed by atoms with Crippen LogP contribution in [0.1, 0.15) is 36.8 Å². The molecule has 2 amide bonds. The predicted octanol–water partition coefficient (Wildman–Crippen LogP) is 4.43. The highest BCUT2D eigenvalue weighted by atomic mass is 16.6. The van der Waals surface area contributed by atoms with Gasteiger partial charge in [0, 0.05) is 22.9 Å². The Kier molecular flexibility index (Phi) is 8.07. The van der Waals surface area contributed by atoms with E-state index in [2.05, 4.69) is 15.8 Å². The van der Waals surface area contributed by atoms with Crippen molar-refractivity contribution in [1.29, 1.82) is 0 Å². The molecule has 0 saturated carbocycles. The Balaban J connectivity index is 1.46. The summed E-state index contributed by atoms with van der Waals surface area (Å²) in [6.45, 7) is 0. The van der Waals surface area contributed by atoms with Gasteiger partial charge in [-0.3, -0.25) is 19.7 Å². The van der Waals surface area contributed by atoms with Gasteiger partial charge < -0.3 is 19.2 Å². The number of nitrogens with zero attached hydrogens (tertiary/aromatic N) is 2. The van der Waals surface area contributed by atoms with Crippen molar-refractivity contribution in [3.05, 3.63) is 118 Å². The van der Waals surface area contributed by atoms with E-state index in [-0.39, 0.29) is 28.2 Å². The van der Waals surface area contributed by atoms with Gasteiger partial charge in [-0.2, -0.15) is 5.10 Å². The van der Waals surface area contributed by atoms with Gasteiger partial charge in [0.2, 0.25) is 5.75 Å². The van der Waals surface area contributed by atoms with E-state index in [1.54, 1.807) is 18.2 Å². The van der Waals surface area contributed by atoms with E-state index < -0.39 is 28.4 Å². The van der Waals surface area contributed by atoms with Crippen LogP contribution in [0, 0.1) is 10.1 Å². The summed E-state index contributed by atoms with van der Waals surface area (Å²) in [4.78, 5) is 48.1. The lowest BCUT2D eigenvalue weighted by Gasteiger charge is -2.09. The minimum Gasteiger partial charge on any atom is -0.497 e. The molecule has 0 aliphatic carbocycles. The number of esters is 1. The topological polar surface area (TPSA) is 162 Å². The smallest absolute Gasteiger partial charge is 0.343 e. The summed E-state index contributed by atoms with van der Waals surface area (Å²) >= 11 is 0. The van der Waals surface area contributed by atoms with Gasteiger partial charge in [-0.1, -0.05) is 12.1 Å². The van der Waals surface area contributed by atoms with Crippen molar-refractivity contribution in [3.8, 4) is 11.5 Å². The number of hydrogen-bond acceptors (Lipinski definition) is 9. The van der Waals surface area contributed by atoms with Crippen molar-refractivity contribution in [2.45, 2.75) is 0 Å². The number of nitro groups is 1. The second-order valence-corrected chi connectivity index (χ2v) is 7.78. The molecule has 2 N–H and O–H groups in total. The number of nitro benzene ring substituents is 1. The standard InChI is InChI=1S/C27H20N4O8/c1-37-21-7-2-5-18(15-21)27(34)39-24-19(6-3-8-22(24)31(35)36)16-28-30-25(32)17-10-12-20(13-11-17)29-26(33)23-9-4-14-38-23/h2-16H,1H3,(H,29,33)(H,30,32)/b28-16+. The van der Waals surface area contributed by atoms with Crippen LogP contribution in [0.4, 0.5) is 11.4 Å². The van der Waals surface area contributed by atoms with E-state index in [1.165, 1.54) is 74.0 Å². The van der Waals surface area contributed by atoms with Crippen molar-refractivity contribution in [1.82, 2.24) is 5.43 Å². The molecular weight excluding hydrogens is 508 g/mol. The minimum atomic E-state index is -0.846. The van der Waals surface area contributed by atoms with Crippen molar-refractivity contribution in [3.63, 3.8) is 0 Å². The number of anilines is 1. The summed E-state index contributed by atoms with van der Waals surface area (Å²) < 4.78 is 15.5. The molecule has 0 fully saturated rings. The Morgan fingerprint density at radius 3 is 2.41 bits per heavy atom. The maximum atomic E-state index is 12.7. The third-order valence-electron chi connectivity index (χ3n) is 5.24. The van der Waals surface area contributed by atoms with Crippen LogP contribution in [-0.2, 0) is 0 Å². The first kappa shape index (κ1) is 26.3. The third-order valence-corrected chi connectivity index (χ3v) is 5.24. The summed E-state index contributed by atoms with van der Waals surface area (Å²) in [5.74, 6) is -1.67. The first-order chi connectivity index (χ1) is 18.9. The van der Waals surface area contributed by atoms with Crippen LogP contribution >= 0.6 is 0 Å². The molecule has 39 heavy (non-hydrogen) atoms. The fourth-order valence-corrected chi connectivity index (χ4v) is 3.33. The molecule has 0 aliphatic heterocycles. The molecule has 1 aromatic heterocycles. The number of amides is 2. The average Bonchev–Trinajstić information content (AvgIpc) is 3.49. The van der Waals surface area contributed by atoms with E-state index in [1.807, 2.05) is 0 Å². The van der Waals surface area contributed by atoms with Gasteiger partial charge in [-0.05, 0) is 60.7 Å². The van der Waals surface area contributed by atoms with Crippen LogP contribution in [0.15, 0.2) is 94.6 Å². The molecule has 196 valence electrons. The molecule has 0 spiro atoms. The van der Waals surface area contributed by atoms with Gasteiger partial charge in [0.1, 0.15) is 5.75 Å². The highest BCUT2D eigenvalue weighted by Crippen LogP contribution is 2.31. The Morgan fingerprint density at radius 2 is 1.72 bits per heavy atom. The number of carbonyl (C=O) groups excluding carboxylic acids is 3. The summed E-state index contributed by atoms with van der Waals surface area (Å²) in [5.41, 5.74) is 2.71. The van der Waals surface area contributed by atoms with E-state index in [4.69, 9.17) is 13.9 Å². The third kappa shape index (κ3) is 6.51. The zero-order valence-electron chi connectivity index (χ0n) is 20.3. The molecule has 0 aliphatic rings. The van der Waals surface area contributed by atoms with Gasteiger partial charge in [0.15, 0.2) is 5.76 Å². The van der Waals surface area contributed by atoms with Gasteiger partial charge in [-0.15, -0.1) is 0 Å². The molecular formula is C27H20N4O8. The maximum absolute atomic E-state index is 12.7. The molecule has 0 atom stereocenters. The van der Waals surface area contributed by atoms with Gasteiger partial charge in [0.25, 0.3) is 11.8 Å². The van der Waals surface area contributed by atoms with Gasteiger partial charge >= 0.3 is 11.7 Å². The second-order valence-electron chi connectivity index (χ2n) is 7.78. The van der Waals surface area contributed by atoms with E-state index in [0.717, 1.165) is 6.21 Å². The number of rotatable bonds is 9. The Morgan fingerprint density at radius 1 is 0.949 bits per heavy atom. The quantitative estimate of drug-likeness (QED) is 0.106. The molecule has 0 bridgehead atoms. The molecule has 4 aromatic rings. The normalized spacial score (nSPS) is 10.6. The lowest BCUT2D eigenvalue weighted by atomic mass is 10.1. The van der Waals surface area contributed by atoms with Crippen LogP contribution in [0.2, 0.25) is 0 Å². The number of ether oxygens (including phenoxy) is 2. The van der Waals surface area contributed by atoms with Crippen LogP contribution in [0.3, 0.4) is 0 Å². The molecule has 0 saturated heterocycles. The van der Waals surface area contributed by atoms with Crippen molar-refractivity contribution < 1.29 is 33.2 Å². The monoisotopic (exact) mass is 528 g/mol. The first-order valence-corrected chi connectivity index (χ1v) is 11.3. The Labute approximate surface area is 221 Å². The highest BCUT2D eigenvalue weighted by molar-refractivity contribution is 6.02. The van der Waals surface area contributed by atoms with E-state index >= 15 is 0 Å². The lowest BCUT2D eigenvalue weighted by Crippen LogP contribution is -2.18. The number of benzene rings is 3. The number of hydrazone groups is 1. The van der Waals surface area contributed by atoms with Gasteiger partial charge in [0.05, 0.1) is 30.1 Å². The number of furan rings is 1. The van der Waals surface area contributed by atoms with Crippen LogP contribution < -0.4 is 20.2 Å². The number of carbonyl (C=O) groups is 3. The fourth-order valence-electron chi connectivity index (χ4n) is 3.33. The first-order valence-electron chi connectivity index (χ1n) is 11.3. The Hall–Kier alpha value is -5.78. The molecule has 3 aromatic carbocycles. The Bertz CT molecular complexity index is 1550. The van der Waals surface area contributed by atoms with Crippen molar-refractivity contribution >= 4 is 35.4 Å². The fraction of sp³-hybridized carbons (Fsp3) is 0.0370. The maximum Gasteiger partial charge on any atom is 0.343 e. The number of para-hydroxylation sites is 1. The molecule has 12 nitrogen and oxygen atoms in total. The predicted molar refractivity (Wildman–Crippen MR) is 139 cm³/mol. The molecule has 0 radical (unpaired) electrons. The summed E-state index contributed by atoms with van der Waals surface area (Å²) in [5, 5.41) is 18.1. The number of methoxy groups -OCH3 is 1. The highest BCUT2D eigenvalue weighted by Gasteiger charge is 2.22. The molecule has 4 rings (SSSR count). The number of nitrogens with one attached hydrogen (secondary N) is 2. The second kappa shape index (κ2) is 12.0. The zero-order chi connectivity index (χ0) is 27.8. The van der Waals surface area contributed by atoms with Gasteiger partial charge in [-0.25, -0.2) is 10.2 Å². The summed E-state index contributed by atoms with van der Waals surface area (Å²) in [6, 6.07) is 19.2. The van der Waals surface area contributed by atoms with Crippen molar-refractivity contribution in [2.75, 3.05) is 12.4 Å². The minimum absolute atomic E-state index is 0.0803. The van der Waals surface area contributed by atoms with Crippen LogP contribution in [0.5, 0.6) is 11.5 Å². The van der Waals surface area contributed by atoms with E-state index in [9.17, 15) is 24.5 Å². The summed E-state index contributed by atoms with van der Waals surface area (Å²) in [6.07, 6.45) is 2.50. The SMILES string of the molecule is COc1cccc(C(=O)Oc2c(/C=N/NC(=O)c3ccc(NC(=O)c4ccco4)cc3)cccc2[N+](=O)[O-])c1. The summed E-state index contributed by atoms with van der Waals surface area (Å²) in [7, 11) is 1.43. The zero-order valence-corrected chi connectivity index (χ0v) is 20.3. The van der Waals surface area contributed by atoms with Crippen LogP contribution in [0.25, 0.3) is 0 Å². The molecule has 12 heteroatoms. The molecule has 1 heterocycles. The van der Waals surface area contributed by atoms with Crippen molar-refractivity contribution in [2.24, 2.45) is 5.10 Å². The van der Waals surface area contributed by atoms with E-state index in [0.29, 0.717) is 11.4 Å². The molecule has 0 unspecified atom stereocenters.